The Hall–Kier alpha value is -1.91. The number of pyridine rings is 1. The molecular formula is C15H20N2O3. The van der Waals surface area contributed by atoms with Gasteiger partial charge in [-0.25, -0.2) is 9.78 Å². The summed E-state index contributed by atoms with van der Waals surface area (Å²) in [5, 5.41) is 8.99. The highest BCUT2D eigenvalue weighted by Crippen LogP contribution is 2.24. The lowest BCUT2D eigenvalue weighted by Gasteiger charge is -2.38. The number of carboxylic acid groups (broad SMARTS) is 1. The van der Waals surface area contributed by atoms with Crippen LogP contribution in [-0.2, 0) is 0 Å². The van der Waals surface area contributed by atoms with Gasteiger partial charge in [0.15, 0.2) is 0 Å². The third kappa shape index (κ3) is 2.66. The molecule has 0 bridgehead atoms. The van der Waals surface area contributed by atoms with Crippen molar-refractivity contribution in [3.8, 4) is 0 Å². The van der Waals surface area contributed by atoms with Gasteiger partial charge in [-0.05, 0) is 52.2 Å². The van der Waals surface area contributed by atoms with Crippen LogP contribution in [0.15, 0.2) is 12.1 Å². The largest absolute Gasteiger partial charge is 0.478 e. The van der Waals surface area contributed by atoms with Crippen LogP contribution in [0.4, 0.5) is 0 Å². The second kappa shape index (κ2) is 5.61. The fourth-order valence-electron chi connectivity index (χ4n) is 2.86. The van der Waals surface area contributed by atoms with E-state index in [-0.39, 0.29) is 23.6 Å². The van der Waals surface area contributed by atoms with E-state index in [1.54, 1.807) is 6.92 Å². The van der Waals surface area contributed by atoms with Gasteiger partial charge in [-0.15, -0.1) is 0 Å². The molecule has 2 atom stereocenters. The first kappa shape index (κ1) is 14.5. The van der Waals surface area contributed by atoms with Crippen LogP contribution in [0.1, 0.15) is 59.7 Å². The molecule has 0 aromatic carbocycles. The maximum Gasteiger partial charge on any atom is 0.337 e. The first-order valence-electron chi connectivity index (χ1n) is 6.95. The average Bonchev–Trinajstić information content (AvgIpc) is 2.37. The minimum absolute atomic E-state index is 0.107. The third-order valence-electron chi connectivity index (χ3n) is 3.96. The quantitative estimate of drug-likeness (QED) is 0.901. The van der Waals surface area contributed by atoms with Gasteiger partial charge < -0.3 is 10.0 Å². The fraction of sp³-hybridized carbons (Fsp3) is 0.533. The zero-order valence-corrected chi connectivity index (χ0v) is 12.1. The van der Waals surface area contributed by atoms with Gasteiger partial charge in [0.1, 0.15) is 5.69 Å². The molecule has 1 aromatic heterocycles. The van der Waals surface area contributed by atoms with Crippen molar-refractivity contribution in [2.45, 2.75) is 52.1 Å². The number of amides is 1. The van der Waals surface area contributed by atoms with Gasteiger partial charge >= 0.3 is 5.97 Å². The van der Waals surface area contributed by atoms with E-state index in [1.165, 1.54) is 12.1 Å². The Morgan fingerprint density at radius 1 is 1.25 bits per heavy atom. The van der Waals surface area contributed by atoms with Crippen molar-refractivity contribution in [2.24, 2.45) is 0 Å². The molecule has 108 valence electrons. The van der Waals surface area contributed by atoms with E-state index >= 15 is 0 Å². The minimum Gasteiger partial charge on any atom is -0.478 e. The lowest BCUT2D eigenvalue weighted by atomic mass is 9.97. The number of nitrogens with zero attached hydrogens (tertiary/aromatic N) is 2. The van der Waals surface area contributed by atoms with Crippen molar-refractivity contribution in [3.05, 3.63) is 29.1 Å². The summed E-state index contributed by atoms with van der Waals surface area (Å²) in [6.45, 7) is 5.71. The Kier molecular flexibility index (Phi) is 4.06. The molecule has 1 fully saturated rings. The number of piperidine rings is 1. The summed E-state index contributed by atoms with van der Waals surface area (Å²) in [6.07, 6.45) is 3.14. The molecule has 5 nitrogen and oxygen atoms in total. The van der Waals surface area contributed by atoms with Gasteiger partial charge in [-0.3, -0.25) is 4.79 Å². The second-order valence-corrected chi connectivity index (χ2v) is 5.48. The smallest absolute Gasteiger partial charge is 0.337 e. The molecule has 2 rings (SSSR count). The number of carboxylic acids is 1. The van der Waals surface area contributed by atoms with Crippen LogP contribution in [0.2, 0.25) is 0 Å². The van der Waals surface area contributed by atoms with Crippen LogP contribution in [-0.4, -0.2) is 39.0 Å². The summed E-state index contributed by atoms with van der Waals surface area (Å²) >= 11 is 0. The zero-order valence-electron chi connectivity index (χ0n) is 12.1. The van der Waals surface area contributed by atoms with Crippen LogP contribution in [0.3, 0.4) is 0 Å². The zero-order chi connectivity index (χ0) is 14.9. The van der Waals surface area contributed by atoms with Gasteiger partial charge in [0.2, 0.25) is 0 Å². The van der Waals surface area contributed by atoms with Gasteiger partial charge in [0.25, 0.3) is 5.91 Å². The molecule has 5 heteroatoms. The lowest BCUT2D eigenvalue weighted by Crippen LogP contribution is -2.47. The molecule has 0 saturated carbocycles. The van der Waals surface area contributed by atoms with E-state index in [1.807, 2.05) is 18.7 Å². The number of carbonyl (C=O) groups is 2. The Bertz CT molecular complexity index is 532. The topological polar surface area (TPSA) is 70.5 Å². The fourth-order valence-corrected chi connectivity index (χ4v) is 2.86. The van der Waals surface area contributed by atoms with Crippen LogP contribution in [0, 0.1) is 6.92 Å². The van der Waals surface area contributed by atoms with E-state index < -0.39 is 5.97 Å². The molecule has 0 aliphatic carbocycles. The number of aromatic nitrogens is 1. The molecule has 1 N–H and O–H groups in total. The predicted octanol–water partition coefficient (Wildman–Crippen LogP) is 2.49. The Morgan fingerprint density at radius 3 is 2.35 bits per heavy atom. The van der Waals surface area contributed by atoms with Crippen molar-refractivity contribution in [3.63, 3.8) is 0 Å². The molecule has 20 heavy (non-hydrogen) atoms. The highest BCUT2D eigenvalue weighted by atomic mass is 16.4. The summed E-state index contributed by atoms with van der Waals surface area (Å²) in [7, 11) is 0. The van der Waals surface area contributed by atoms with Crippen LogP contribution < -0.4 is 0 Å². The second-order valence-electron chi connectivity index (χ2n) is 5.48. The van der Waals surface area contributed by atoms with Crippen LogP contribution in [0.25, 0.3) is 0 Å². The molecular weight excluding hydrogens is 256 g/mol. The molecule has 0 spiro atoms. The van der Waals surface area contributed by atoms with Gasteiger partial charge in [-0.1, -0.05) is 0 Å². The van der Waals surface area contributed by atoms with Crippen molar-refractivity contribution in [1.29, 1.82) is 0 Å². The normalized spacial score (nSPS) is 22.6. The number of aromatic carboxylic acids is 1. The molecule has 1 amide bonds. The maximum atomic E-state index is 12.6. The molecule has 0 radical (unpaired) electrons. The van der Waals surface area contributed by atoms with Crippen molar-refractivity contribution in [2.75, 3.05) is 0 Å². The van der Waals surface area contributed by atoms with E-state index in [4.69, 9.17) is 5.11 Å². The van der Waals surface area contributed by atoms with E-state index in [0.717, 1.165) is 19.3 Å². The minimum atomic E-state index is -1.02. The summed E-state index contributed by atoms with van der Waals surface area (Å²) in [4.78, 5) is 29.6. The SMILES string of the molecule is Cc1nc(C(=O)N2C(C)CCCC2C)ccc1C(=O)O. The lowest BCUT2D eigenvalue weighted by molar-refractivity contribution is 0.0503. The number of carbonyl (C=O) groups excluding carboxylic acids is 1. The first-order valence-corrected chi connectivity index (χ1v) is 6.95. The Labute approximate surface area is 118 Å². The van der Waals surface area contributed by atoms with E-state index in [9.17, 15) is 9.59 Å². The van der Waals surface area contributed by atoms with Crippen LogP contribution >= 0.6 is 0 Å². The Morgan fingerprint density at radius 2 is 1.85 bits per heavy atom. The average molecular weight is 276 g/mol. The molecule has 2 unspecified atom stereocenters. The van der Waals surface area contributed by atoms with Gasteiger partial charge in [0, 0.05) is 12.1 Å². The molecule has 2 heterocycles. The molecule has 1 aromatic rings. The molecule has 1 aliphatic heterocycles. The molecule has 1 aliphatic rings. The summed E-state index contributed by atoms with van der Waals surface area (Å²) in [5.41, 5.74) is 0.843. The summed E-state index contributed by atoms with van der Waals surface area (Å²) in [5.74, 6) is -1.13. The standard InChI is InChI=1S/C15H20N2O3/c1-9-5-4-6-10(2)17(9)14(18)13-8-7-12(15(19)20)11(3)16-13/h7-10H,4-6H2,1-3H3,(H,19,20). The highest BCUT2D eigenvalue weighted by Gasteiger charge is 2.30. The van der Waals surface area contributed by atoms with Gasteiger partial charge in [-0.2, -0.15) is 0 Å². The van der Waals surface area contributed by atoms with Crippen molar-refractivity contribution >= 4 is 11.9 Å². The van der Waals surface area contributed by atoms with Crippen molar-refractivity contribution in [1.82, 2.24) is 9.88 Å². The summed E-state index contributed by atoms with van der Waals surface area (Å²) in [6, 6.07) is 3.37. The van der Waals surface area contributed by atoms with Crippen molar-refractivity contribution < 1.29 is 14.7 Å². The Balaban J connectivity index is 2.29. The number of aryl methyl sites for hydroxylation is 1. The van der Waals surface area contributed by atoms with E-state index in [2.05, 4.69) is 4.98 Å². The monoisotopic (exact) mass is 276 g/mol. The molecule has 1 saturated heterocycles. The highest BCUT2D eigenvalue weighted by molar-refractivity contribution is 5.94. The van der Waals surface area contributed by atoms with E-state index in [0.29, 0.717) is 11.4 Å². The number of rotatable bonds is 2. The maximum absolute atomic E-state index is 12.6. The number of hydrogen-bond acceptors (Lipinski definition) is 3. The summed E-state index contributed by atoms with van der Waals surface area (Å²) < 4.78 is 0. The number of likely N-dealkylation sites (tertiary alicyclic amines) is 1. The first-order chi connectivity index (χ1) is 9.41. The third-order valence-corrected chi connectivity index (χ3v) is 3.96. The number of hydrogen-bond donors (Lipinski definition) is 1. The predicted molar refractivity (Wildman–Crippen MR) is 74.9 cm³/mol. The van der Waals surface area contributed by atoms with Crippen LogP contribution in [0.5, 0.6) is 0 Å². The van der Waals surface area contributed by atoms with Gasteiger partial charge in [0.05, 0.1) is 11.3 Å².